The first-order valence-electron chi connectivity index (χ1n) is 10.1. The summed E-state index contributed by atoms with van der Waals surface area (Å²) >= 11 is 15.7. The van der Waals surface area contributed by atoms with Gasteiger partial charge in [0.25, 0.3) is 0 Å². The maximum absolute atomic E-state index is 13.0. The molecule has 0 N–H and O–H groups in total. The van der Waals surface area contributed by atoms with Crippen LogP contribution in [-0.2, 0) is 18.0 Å². The summed E-state index contributed by atoms with van der Waals surface area (Å²) in [6, 6.07) is 12.6. The van der Waals surface area contributed by atoms with Crippen LogP contribution in [0.15, 0.2) is 52.7 Å². The summed E-state index contributed by atoms with van der Waals surface area (Å²) in [4.78, 5) is 13.0. The van der Waals surface area contributed by atoms with Gasteiger partial charge in [0.1, 0.15) is 23.9 Å². The highest BCUT2D eigenvalue weighted by molar-refractivity contribution is 9.10. The number of benzene rings is 3. The van der Waals surface area contributed by atoms with Gasteiger partial charge in [-0.1, -0.05) is 45.2 Å². The third kappa shape index (κ3) is 4.36. The number of carbonyl (C=O) groups is 1. The van der Waals surface area contributed by atoms with Gasteiger partial charge in [-0.05, 0) is 49.4 Å². The van der Waals surface area contributed by atoms with Crippen molar-refractivity contribution < 1.29 is 23.7 Å². The predicted octanol–water partition coefficient (Wildman–Crippen LogP) is 7.13. The smallest absolute Gasteiger partial charge is 0.231 e. The third-order valence-electron chi connectivity index (χ3n) is 5.43. The molecule has 0 aliphatic carbocycles. The maximum Gasteiger partial charge on any atom is 0.231 e. The fourth-order valence-corrected chi connectivity index (χ4v) is 4.76. The zero-order chi connectivity index (χ0) is 23.1. The summed E-state index contributed by atoms with van der Waals surface area (Å²) in [5, 5.41) is 1.09. The first-order valence-corrected chi connectivity index (χ1v) is 11.6. The summed E-state index contributed by atoms with van der Waals surface area (Å²) in [7, 11) is 0. The van der Waals surface area contributed by atoms with E-state index >= 15 is 0 Å². The molecule has 0 spiro atoms. The average molecular weight is 548 g/mol. The van der Waals surface area contributed by atoms with Crippen molar-refractivity contribution in [3.63, 3.8) is 0 Å². The lowest BCUT2D eigenvalue weighted by Gasteiger charge is -2.20. The van der Waals surface area contributed by atoms with Gasteiger partial charge in [-0.15, -0.1) is 0 Å². The van der Waals surface area contributed by atoms with Crippen LogP contribution in [-0.4, -0.2) is 12.6 Å². The third-order valence-corrected chi connectivity index (χ3v) is 6.47. The van der Waals surface area contributed by atoms with Gasteiger partial charge in [-0.3, -0.25) is 4.79 Å². The predicted molar refractivity (Wildman–Crippen MR) is 129 cm³/mol. The van der Waals surface area contributed by atoms with Crippen LogP contribution < -0.4 is 14.2 Å². The second-order valence-corrected chi connectivity index (χ2v) is 9.38. The molecule has 0 aromatic heterocycles. The molecule has 5 rings (SSSR count). The molecule has 3 aromatic rings. The number of ether oxygens (including phenoxy) is 4. The minimum absolute atomic E-state index is 0.164. The maximum atomic E-state index is 13.0. The van der Waals surface area contributed by atoms with Crippen molar-refractivity contribution in [3.05, 3.63) is 90.6 Å². The second-order valence-electron chi connectivity index (χ2n) is 7.62. The minimum atomic E-state index is -0.193. The molecule has 8 heteroatoms. The van der Waals surface area contributed by atoms with E-state index in [0.29, 0.717) is 39.5 Å². The molecular weight excluding hydrogens is 531 g/mol. The number of halogens is 3. The lowest BCUT2D eigenvalue weighted by Crippen LogP contribution is -2.12. The molecule has 0 unspecified atom stereocenters. The fraction of sp³-hybridized carbons (Fsp3) is 0.160. The molecule has 2 aliphatic rings. The van der Waals surface area contributed by atoms with Crippen molar-refractivity contribution in [2.75, 3.05) is 6.79 Å². The van der Waals surface area contributed by atoms with Gasteiger partial charge < -0.3 is 18.9 Å². The van der Waals surface area contributed by atoms with Gasteiger partial charge >= 0.3 is 0 Å². The number of ketones is 1. The molecule has 168 valence electrons. The van der Waals surface area contributed by atoms with Crippen LogP contribution in [0.5, 0.6) is 17.2 Å². The highest BCUT2D eigenvalue weighted by Gasteiger charge is 2.31. The van der Waals surface area contributed by atoms with E-state index in [0.717, 1.165) is 26.7 Å². The number of allylic oxidation sites excluding steroid dienone is 1. The molecule has 2 aliphatic heterocycles. The van der Waals surface area contributed by atoms with Crippen LogP contribution in [0.4, 0.5) is 0 Å². The Labute approximate surface area is 208 Å². The van der Waals surface area contributed by atoms with E-state index in [2.05, 4.69) is 15.9 Å². The zero-order valence-corrected chi connectivity index (χ0v) is 20.5. The highest BCUT2D eigenvalue weighted by atomic mass is 79.9. The van der Waals surface area contributed by atoms with Crippen molar-refractivity contribution >= 4 is 51.0 Å². The van der Waals surface area contributed by atoms with E-state index in [1.807, 2.05) is 25.1 Å². The van der Waals surface area contributed by atoms with E-state index < -0.39 is 0 Å². The van der Waals surface area contributed by atoms with Crippen LogP contribution >= 0.6 is 39.1 Å². The largest absolute Gasteiger partial charge is 0.488 e. The monoisotopic (exact) mass is 546 g/mol. The first-order chi connectivity index (χ1) is 15.9. The molecule has 2 heterocycles. The molecule has 0 bridgehead atoms. The Hall–Kier alpha value is -2.51. The van der Waals surface area contributed by atoms with Crippen molar-refractivity contribution in [1.29, 1.82) is 0 Å². The summed E-state index contributed by atoms with van der Waals surface area (Å²) in [5.74, 6) is 1.81. The van der Waals surface area contributed by atoms with Gasteiger partial charge in [0, 0.05) is 36.8 Å². The van der Waals surface area contributed by atoms with Crippen molar-refractivity contribution in [2.24, 2.45) is 0 Å². The SMILES string of the molecule is Cc1c(OCc2ccc(Cl)cc2Cl)ccc2c1O/C(=C\c1cc(Br)cc3c1OCOC3)C2=O. The molecule has 0 amide bonds. The molecular formula is C25H17BrCl2O5. The van der Waals surface area contributed by atoms with Crippen molar-refractivity contribution in [3.8, 4) is 17.2 Å². The van der Waals surface area contributed by atoms with E-state index in [1.165, 1.54) is 0 Å². The zero-order valence-electron chi connectivity index (χ0n) is 17.4. The first kappa shape index (κ1) is 22.3. The molecule has 0 fully saturated rings. The van der Waals surface area contributed by atoms with Crippen LogP contribution in [0, 0.1) is 6.92 Å². The van der Waals surface area contributed by atoms with Crippen LogP contribution in [0.1, 0.15) is 32.6 Å². The highest BCUT2D eigenvalue weighted by Crippen LogP contribution is 2.41. The lowest BCUT2D eigenvalue weighted by atomic mass is 10.0. The molecule has 0 radical (unpaired) electrons. The Morgan fingerprint density at radius 3 is 2.79 bits per heavy atom. The van der Waals surface area contributed by atoms with Crippen molar-refractivity contribution in [2.45, 2.75) is 20.1 Å². The molecule has 33 heavy (non-hydrogen) atoms. The summed E-state index contributed by atoms with van der Waals surface area (Å²) in [6.07, 6.45) is 1.70. The van der Waals surface area contributed by atoms with Crippen LogP contribution in [0.3, 0.4) is 0 Å². The Balaban J connectivity index is 1.42. The summed E-state index contributed by atoms with van der Waals surface area (Å²) in [6.45, 7) is 2.72. The van der Waals surface area contributed by atoms with Gasteiger partial charge in [0.15, 0.2) is 12.6 Å². The van der Waals surface area contributed by atoms with E-state index in [-0.39, 0.29) is 24.9 Å². The number of hydrogen-bond acceptors (Lipinski definition) is 5. The van der Waals surface area contributed by atoms with Gasteiger partial charge in [0.05, 0.1) is 12.2 Å². The Morgan fingerprint density at radius 2 is 1.97 bits per heavy atom. The second kappa shape index (κ2) is 9.03. The molecule has 0 saturated heterocycles. The lowest BCUT2D eigenvalue weighted by molar-refractivity contribution is -0.0165. The standard InChI is InChI=1S/C25H17BrCl2O5/c1-13-21(31-11-14-2-3-18(27)9-20(14)28)5-4-19-23(29)22(33-24(13)19)8-15-6-17(26)7-16-10-30-12-32-25(15)16/h2-9H,10-12H2,1H3/b22-8-. The quantitative estimate of drug-likeness (QED) is 0.325. The van der Waals surface area contributed by atoms with E-state index in [4.69, 9.17) is 42.1 Å². The normalized spacial score (nSPS) is 15.6. The fourth-order valence-electron chi connectivity index (χ4n) is 3.78. The van der Waals surface area contributed by atoms with Gasteiger partial charge in [-0.2, -0.15) is 0 Å². The molecule has 5 nitrogen and oxygen atoms in total. The molecule has 3 aromatic carbocycles. The number of Topliss-reactive ketones (excluding diaryl/α,β-unsaturated/α-hetero) is 1. The van der Waals surface area contributed by atoms with Crippen LogP contribution in [0.25, 0.3) is 6.08 Å². The van der Waals surface area contributed by atoms with Crippen molar-refractivity contribution in [1.82, 2.24) is 0 Å². The summed E-state index contributed by atoms with van der Waals surface area (Å²) in [5.41, 5.74) is 3.67. The number of hydrogen-bond donors (Lipinski definition) is 0. The Bertz CT molecular complexity index is 1320. The minimum Gasteiger partial charge on any atom is -0.488 e. The Morgan fingerprint density at radius 1 is 1.12 bits per heavy atom. The Kier molecular flexibility index (Phi) is 6.10. The molecule has 0 atom stereocenters. The topological polar surface area (TPSA) is 54.0 Å². The molecule has 0 saturated carbocycles. The van der Waals surface area contributed by atoms with E-state index in [9.17, 15) is 4.79 Å². The number of carbonyl (C=O) groups excluding carboxylic acids is 1. The summed E-state index contributed by atoms with van der Waals surface area (Å²) < 4.78 is 23.9. The average Bonchev–Trinajstić information content (AvgIpc) is 3.10. The van der Waals surface area contributed by atoms with Gasteiger partial charge in [0.2, 0.25) is 5.78 Å². The van der Waals surface area contributed by atoms with Gasteiger partial charge in [-0.25, -0.2) is 0 Å². The van der Waals surface area contributed by atoms with Crippen LogP contribution in [0.2, 0.25) is 10.0 Å². The van der Waals surface area contributed by atoms with E-state index in [1.54, 1.807) is 30.3 Å². The number of rotatable bonds is 4. The number of fused-ring (bicyclic) bond motifs is 2.